The molecule has 5 nitrogen and oxygen atoms in total. The lowest BCUT2D eigenvalue weighted by molar-refractivity contribution is -0.131. The van der Waals surface area contributed by atoms with Gasteiger partial charge in [-0.25, -0.2) is 4.68 Å². The predicted molar refractivity (Wildman–Crippen MR) is 83.1 cm³/mol. The topological polar surface area (TPSA) is 51.0 Å². The van der Waals surface area contributed by atoms with Crippen molar-refractivity contribution < 1.29 is 4.79 Å². The Bertz CT molecular complexity index is 696. The summed E-state index contributed by atoms with van der Waals surface area (Å²) in [4.78, 5) is 13.9. The van der Waals surface area contributed by atoms with Gasteiger partial charge in [0.2, 0.25) is 5.91 Å². The van der Waals surface area contributed by atoms with E-state index in [-0.39, 0.29) is 11.9 Å². The third-order valence-corrected chi connectivity index (χ3v) is 4.29. The Hall–Kier alpha value is -2.43. The molecule has 112 valence electrons. The third-order valence-electron chi connectivity index (χ3n) is 4.29. The summed E-state index contributed by atoms with van der Waals surface area (Å²) in [5.41, 5.74) is 2.15. The van der Waals surface area contributed by atoms with Crippen molar-refractivity contribution in [2.45, 2.75) is 24.8 Å². The van der Waals surface area contributed by atoms with Gasteiger partial charge in [0.25, 0.3) is 0 Å². The summed E-state index contributed by atoms with van der Waals surface area (Å²) < 4.78 is 1.92. The summed E-state index contributed by atoms with van der Waals surface area (Å²) in [6, 6.07) is 10.1. The first-order valence-electron chi connectivity index (χ1n) is 7.73. The number of carbonyl (C=O) groups is 1. The lowest BCUT2D eigenvalue weighted by Gasteiger charge is -2.38. The van der Waals surface area contributed by atoms with E-state index in [9.17, 15) is 4.79 Å². The molecule has 1 amide bonds. The average Bonchev–Trinajstić information content (AvgIpc) is 3.24. The molecule has 0 unspecified atom stereocenters. The van der Waals surface area contributed by atoms with E-state index in [0.717, 1.165) is 11.3 Å². The van der Waals surface area contributed by atoms with Crippen LogP contribution in [0.4, 0.5) is 0 Å². The zero-order chi connectivity index (χ0) is 14.9. The molecule has 1 aliphatic carbocycles. The Morgan fingerprint density at radius 2 is 1.95 bits per heavy atom. The molecule has 1 saturated carbocycles. The van der Waals surface area contributed by atoms with Crippen LogP contribution in [0.3, 0.4) is 0 Å². The van der Waals surface area contributed by atoms with Gasteiger partial charge < -0.3 is 4.90 Å². The molecule has 2 heterocycles. The van der Waals surface area contributed by atoms with Crippen LogP contribution in [0.1, 0.15) is 36.1 Å². The first-order chi connectivity index (χ1) is 10.8. The van der Waals surface area contributed by atoms with E-state index in [1.165, 1.54) is 12.8 Å². The fraction of sp³-hybridized carbons (Fsp3) is 0.353. The van der Waals surface area contributed by atoms with Crippen LogP contribution in [0.5, 0.6) is 0 Å². The van der Waals surface area contributed by atoms with Gasteiger partial charge in [-0.3, -0.25) is 4.79 Å². The second kappa shape index (κ2) is 5.40. The normalized spacial score (nSPS) is 18.6. The molecule has 1 saturated heterocycles. The maximum Gasteiger partial charge on any atom is 0.246 e. The molecule has 5 heteroatoms. The maximum absolute atomic E-state index is 12.1. The van der Waals surface area contributed by atoms with Gasteiger partial charge in [-0.15, -0.1) is 5.10 Å². The van der Waals surface area contributed by atoms with E-state index in [2.05, 4.69) is 10.3 Å². The second-order valence-electron chi connectivity index (χ2n) is 6.04. The van der Waals surface area contributed by atoms with Gasteiger partial charge in [-0.1, -0.05) is 35.5 Å². The van der Waals surface area contributed by atoms with Crippen LogP contribution >= 0.6 is 0 Å². The molecule has 2 aromatic rings. The molecule has 0 N–H and O–H groups in total. The monoisotopic (exact) mass is 294 g/mol. The standard InChI is InChI=1S/C17H18N4O/c22-17(9-6-13-4-2-1-3-5-13)20-10-15(11-20)21-12-16(18-19-21)14-7-8-14/h1-6,9,12,14-15H,7-8,10-11H2/b9-6+. The van der Waals surface area contributed by atoms with Gasteiger partial charge >= 0.3 is 0 Å². The summed E-state index contributed by atoms with van der Waals surface area (Å²) in [5, 5.41) is 8.42. The molecule has 22 heavy (non-hydrogen) atoms. The molecule has 1 aromatic carbocycles. The van der Waals surface area contributed by atoms with E-state index >= 15 is 0 Å². The Morgan fingerprint density at radius 3 is 2.68 bits per heavy atom. The van der Waals surface area contributed by atoms with Crippen LogP contribution in [-0.4, -0.2) is 38.9 Å². The minimum Gasteiger partial charge on any atom is -0.335 e. The van der Waals surface area contributed by atoms with E-state index in [1.54, 1.807) is 6.08 Å². The Morgan fingerprint density at radius 1 is 1.18 bits per heavy atom. The molecule has 1 aromatic heterocycles. The largest absolute Gasteiger partial charge is 0.335 e. The average molecular weight is 294 g/mol. The minimum atomic E-state index is 0.0580. The van der Waals surface area contributed by atoms with E-state index in [4.69, 9.17) is 0 Å². The number of amides is 1. The summed E-state index contributed by atoms with van der Waals surface area (Å²) in [6.07, 6.45) is 8.01. The zero-order valence-electron chi connectivity index (χ0n) is 12.3. The number of likely N-dealkylation sites (tertiary alicyclic amines) is 1. The molecule has 2 fully saturated rings. The van der Waals surface area contributed by atoms with Crippen molar-refractivity contribution in [1.82, 2.24) is 19.9 Å². The Labute approximate surface area is 129 Å². The van der Waals surface area contributed by atoms with Crippen LogP contribution in [0.15, 0.2) is 42.6 Å². The fourth-order valence-electron chi connectivity index (χ4n) is 2.67. The van der Waals surface area contributed by atoms with Crippen molar-refractivity contribution in [2.24, 2.45) is 0 Å². The van der Waals surface area contributed by atoms with Crippen molar-refractivity contribution in [3.8, 4) is 0 Å². The van der Waals surface area contributed by atoms with Crippen molar-refractivity contribution in [3.63, 3.8) is 0 Å². The number of nitrogens with zero attached hydrogens (tertiary/aromatic N) is 4. The van der Waals surface area contributed by atoms with Gasteiger partial charge in [0, 0.05) is 31.3 Å². The molecule has 2 aliphatic rings. The third kappa shape index (κ3) is 2.66. The number of aromatic nitrogens is 3. The lowest BCUT2D eigenvalue weighted by atomic mass is 10.1. The number of hydrogen-bond acceptors (Lipinski definition) is 3. The quantitative estimate of drug-likeness (QED) is 0.813. The summed E-state index contributed by atoms with van der Waals surface area (Å²) >= 11 is 0. The highest BCUT2D eigenvalue weighted by Crippen LogP contribution is 2.39. The lowest BCUT2D eigenvalue weighted by Crippen LogP contribution is -2.50. The first-order valence-corrected chi connectivity index (χ1v) is 7.73. The van der Waals surface area contributed by atoms with E-state index in [1.807, 2.05) is 52.2 Å². The van der Waals surface area contributed by atoms with Crippen molar-refractivity contribution in [3.05, 3.63) is 53.9 Å². The molecule has 0 bridgehead atoms. The van der Waals surface area contributed by atoms with Crippen LogP contribution < -0.4 is 0 Å². The fourth-order valence-corrected chi connectivity index (χ4v) is 2.67. The Kier molecular flexibility index (Phi) is 3.25. The highest BCUT2D eigenvalue weighted by Gasteiger charge is 2.33. The molecular formula is C17H18N4O. The molecule has 0 radical (unpaired) electrons. The van der Waals surface area contributed by atoms with Gasteiger partial charge in [-0.05, 0) is 24.5 Å². The van der Waals surface area contributed by atoms with Crippen molar-refractivity contribution in [1.29, 1.82) is 0 Å². The van der Waals surface area contributed by atoms with Crippen LogP contribution in [-0.2, 0) is 4.79 Å². The highest BCUT2D eigenvalue weighted by molar-refractivity contribution is 5.92. The number of carbonyl (C=O) groups excluding carboxylic acids is 1. The minimum absolute atomic E-state index is 0.0580. The van der Waals surface area contributed by atoms with Crippen molar-refractivity contribution >= 4 is 12.0 Å². The summed E-state index contributed by atoms with van der Waals surface area (Å²) in [7, 11) is 0. The van der Waals surface area contributed by atoms with Gasteiger partial charge in [0.05, 0.1) is 11.7 Å². The van der Waals surface area contributed by atoms with Crippen molar-refractivity contribution in [2.75, 3.05) is 13.1 Å². The summed E-state index contributed by atoms with van der Waals surface area (Å²) in [6.45, 7) is 1.43. The number of hydrogen-bond donors (Lipinski definition) is 0. The first kappa shape index (κ1) is 13.2. The SMILES string of the molecule is O=C(/C=C/c1ccccc1)N1CC(n2cc(C3CC3)nn2)C1. The van der Waals surface area contributed by atoms with Crippen LogP contribution in [0.25, 0.3) is 6.08 Å². The maximum atomic E-state index is 12.1. The number of benzene rings is 1. The Balaban J connectivity index is 1.32. The molecule has 4 rings (SSSR count). The molecule has 0 spiro atoms. The molecule has 0 atom stereocenters. The van der Waals surface area contributed by atoms with Gasteiger partial charge in [0.15, 0.2) is 0 Å². The smallest absolute Gasteiger partial charge is 0.246 e. The number of rotatable bonds is 4. The molecular weight excluding hydrogens is 276 g/mol. The molecule has 1 aliphatic heterocycles. The van der Waals surface area contributed by atoms with E-state index in [0.29, 0.717) is 19.0 Å². The summed E-state index contributed by atoms with van der Waals surface area (Å²) in [5.74, 6) is 0.683. The second-order valence-corrected chi connectivity index (χ2v) is 6.04. The van der Waals surface area contributed by atoms with Crippen LogP contribution in [0, 0.1) is 0 Å². The van der Waals surface area contributed by atoms with E-state index < -0.39 is 0 Å². The van der Waals surface area contributed by atoms with Gasteiger partial charge in [-0.2, -0.15) is 0 Å². The zero-order valence-corrected chi connectivity index (χ0v) is 12.3. The van der Waals surface area contributed by atoms with Gasteiger partial charge in [0.1, 0.15) is 0 Å². The van der Waals surface area contributed by atoms with Crippen LogP contribution in [0.2, 0.25) is 0 Å². The highest BCUT2D eigenvalue weighted by atomic mass is 16.2. The predicted octanol–water partition coefficient (Wildman–Crippen LogP) is 2.25.